The highest BCUT2D eigenvalue weighted by molar-refractivity contribution is 6.03. The maximum Gasteiger partial charge on any atom is 0.291 e. The topological polar surface area (TPSA) is 89.8 Å². The lowest BCUT2D eigenvalue weighted by molar-refractivity contribution is -0.111. The zero-order valence-electron chi connectivity index (χ0n) is 18.1. The van der Waals surface area contributed by atoms with Crippen molar-refractivity contribution in [2.75, 3.05) is 23.8 Å². The minimum Gasteiger partial charge on any atom is -0.490 e. The van der Waals surface area contributed by atoms with Gasteiger partial charge in [0, 0.05) is 17.5 Å². The number of carbonyl (C=O) groups excluding carboxylic acids is 2. The van der Waals surface area contributed by atoms with Crippen LogP contribution in [0.3, 0.4) is 0 Å². The van der Waals surface area contributed by atoms with Crippen LogP contribution >= 0.6 is 0 Å². The number of carbonyl (C=O) groups is 2. The third kappa shape index (κ3) is 6.50. The van der Waals surface area contributed by atoms with E-state index < -0.39 is 0 Å². The SMILES string of the molecule is CCCOc1ccc(/C=C/C(=O)Nc2ccc(NC(=O)c3ccco3)cc2)cc1OCC. The Labute approximate surface area is 187 Å². The lowest BCUT2D eigenvalue weighted by Crippen LogP contribution is -2.11. The zero-order chi connectivity index (χ0) is 22.8. The summed E-state index contributed by atoms with van der Waals surface area (Å²) >= 11 is 0. The average Bonchev–Trinajstić information content (AvgIpc) is 3.34. The highest BCUT2D eigenvalue weighted by atomic mass is 16.5. The summed E-state index contributed by atoms with van der Waals surface area (Å²) in [4.78, 5) is 24.3. The molecule has 0 bridgehead atoms. The van der Waals surface area contributed by atoms with Gasteiger partial charge in [-0.15, -0.1) is 0 Å². The van der Waals surface area contributed by atoms with Crippen LogP contribution in [0, 0.1) is 0 Å². The molecule has 2 N–H and O–H groups in total. The van der Waals surface area contributed by atoms with Crippen LogP contribution in [-0.2, 0) is 4.79 Å². The van der Waals surface area contributed by atoms with E-state index in [1.54, 1.807) is 42.5 Å². The lowest BCUT2D eigenvalue weighted by Gasteiger charge is -2.12. The standard InChI is InChI=1S/C25H26N2O5/c1-3-15-31-21-13-7-18(17-23(21)30-4-2)8-14-24(28)26-19-9-11-20(12-10-19)27-25(29)22-6-5-16-32-22/h5-14,16-17H,3-4,15H2,1-2H3,(H,26,28)(H,27,29)/b14-8+. The molecule has 0 aliphatic rings. The summed E-state index contributed by atoms with van der Waals surface area (Å²) in [5, 5.41) is 5.51. The number of furan rings is 1. The van der Waals surface area contributed by atoms with Crippen LogP contribution in [0.15, 0.2) is 71.4 Å². The second-order valence-corrected chi connectivity index (χ2v) is 6.82. The fourth-order valence-corrected chi connectivity index (χ4v) is 2.82. The molecule has 0 radical (unpaired) electrons. The average molecular weight is 434 g/mol. The Morgan fingerprint density at radius 1 is 0.938 bits per heavy atom. The summed E-state index contributed by atoms with van der Waals surface area (Å²) in [5.41, 5.74) is 2.02. The van der Waals surface area contributed by atoms with Gasteiger partial charge < -0.3 is 24.5 Å². The molecule has 0 aliphatic heterocycles. The number of hydrogen-bond donors (Lipinski definition) is 2. The van der Waals surface area contributed by atoms with Crippen LogP contribution in [0.2, 0.25) is 0 Å². The Kier molecular flexibility index (Phi) is 8.09. The molecule has 3 aromatic rings. The quantitative estimate of drug-likeness (QED) is 0.419. The van der Waals surface area contributed by atoms with Crippen molar-refractivity contribution in [2.24, 2.45) is 0 Å². The van der Waals surface area contributed by atoms with Crippen LogP contribution < -0.4 is 20.1 Å². The second kappa shape index (κ2) is 11.4. The van der Waals surface area contributed by atoms with Gasteiger partial charge in [0.1, 0.15) is 0 Å². The van der Waals surface area contributed by atoms with Crippen molar-refractivity contribution < 1.29 is 23.5 Å². The van der Waals surface area contributed by atoms with E-state index in [2.05, 4.69) is 10.6 Å². The minimum absolute atomic E-state index is 0.227. The number of amides is 2. The molecule has 0 saturated carbocycles. The smallest absolute Gasteiger partial charge is 0.291 e. The van der Waals surface area contributed by atoms with Gasteiger partial charge in [-0.05, 0) is 73.5 Å². The van der Waals surface area contributed by atoms with Crippen LogP contribution in [0.25, 0.3) is 6.08 Å². The molecule has 7 nitrogen and oxygen atoms in total. The summed E-state index contributed by atoms with van der Waals surface area (Å²) in [7, 11) is 0. The summed E-state index contributed by atoms with van der Waals surface area (Å²) in [6, 6.07) is 15.6. The predicted molar refractivity (Wildman–Crippen MR) is 124 cm³/mol. The van der Waals surface area contributed by atoms with Gasteiger partial charge in [-0.3, -0.25) is 9.59 Å². The first-order valence-corrected chi connectivity index (χ1v) is 10.4. The fraction of sp³-hybridized carbons (Fsp3) is 0.200. The summed E-state index contributed by atoms with van der Waals surface area (Å²) in [6.45, 7) is 5.09. The van der Waals surface area contributed by atoms with Crippen molar-refractivity contribution in [1.82, 2.24) is 0 Å². The molecular weight excluding hydrogens is 408 g/mol. The Balaban J connectivity index is 1.57. The second-order valence-electron chi connectivity index (χ2n) is 6.82. The van der Waals surface area contributed by atoms with Gasteiger partial charge in [0.05, 0.1) is 19.5 Å². The van der Waals surface area contributed by atoms with Crippen LogP contribution in [0.1, 0.15) is 36.4 Å². The molecule has 0 fully saturated rings. The molecule has 1 aromatic heterocycles. The number of anilines is 2. The van der Waals surface area contributed by atoms with Crippen LogP contribution in [0.5, 0.6) is 11.5 Å². The first-order valence-electron chi connectivity index (χ1n) is 10.4. The van der Waals surface area contributed by atoms with E-state index in [1.807, 2.05) is 32.0 Å². The van der Waals surface area contributed by atoms with E-state index >= 15 is 0 Å². The van der Waals surface area contributed by atoms with Crippen molar-refractivity contribution in [1.29, 1.82) is 0 Å². The van der Waals surface area contributed by atoms with Crippen LogP contribution in [0.4, 0.5) is 11.4 Å². The lowest BCUT2D eigenvalue weighted by atomic mass is 10.2. The van der Waals surface area contributed by atoms with E-state index in [-0.39, 0.29) is 17.6 Å². The highest BCUT2D eigenvalue weighted by Gasteiger charge is 2.09. The van der Waals surface area contributed by atoms with Gasteiger partial charge in [0.25, 0.3) is 5.91 Å². The molecule has 2 aromatic carbocycles. The number of hydrogen-bond acceptors (Lipinski definition) is 5. The Morgan fingerprint density at radius 2 is 1.69 bits per heavy atom. The molecule has 0 aliphatic carbocycles. The largest absolute Gasteiger partial charge is 0.490 e. The number of ether oxygens (including phenoxy) is 2. The minimum atomic E-state index is -0.341. The first-order chi connectivity index (χ1) is 15.6. The molecule has 7 heteroatoms. The maximum absolute atomic E-state index is 12.3. The summed E-state index contributed by atoms with van der Waals surface area (Å²) in [6.07, 6.45) is 5.50. The monoisotopic (exact) mass is 434 g/mol. The highest BCUT2D eigenvalue weighted by Crippen LogP contribution is 2.29. The summed E-state index contributed by atoms with van der Waals surface area (Å²) in [5.74, 6) is 0.948. The molecule has 0 unspecified atom stereocenters. The van der Waals surface area contributed by atoms with Gasteiger partial charge in [-0.25, -0.2) is 0 Å². The molecule has 166 valence electrons. The first kappa shape index (κ1) is 22.7. The fourth-order valence-electron chi connectivity index (χ4n) is 2.82. The van der Waals surface area contributed by atoms with E-state index in [1.165, 1.54) is 12.3 Å². The number of benzene rings is 2. The summed E-state index contributed by atoms with van der Waals surface area (Å²) < 4.78 is 16.4. The van der Waals surface area contributed by atoms with Gasteiger partial charge >= 0.3 is 0 Å². The van der Waals surface area contributed by atoms with E-state index in [9.17, 15) is 9.59 Å². The van der Waals surface area contributed by atoms with Gasteiger partial charge in [-0.2, -0.15) is 0 Å². The third-order valence-corrected chi connectivity index (χ3v) is 4.31. The number of nitrogens with one attached hydrogen (secondary N) is 2. The van der Waals surface area contributed by atoms with E-state index in [0.29, 0.717) is 36.1 Å². The maximum atomic E-state index is 12.3. The molecule has 1 heterocycles. The Hall–Kier alpha value is -4.00. The Morgan fingerprint density at radius 3 is 2.34 bits per heavy atom. The molecule has 0 spiro atoms. The molecule has 3 rings (SSSR count). The molecule has 0 saturated heterocycles. The predicted octanol–water partition coefficient (Wildman–Crippen LogP) is 5.37. The van der Waals surface area contributed by atoms with Gasteiger partial charge in [0.2, 0.25) is 5.91 Å². The van der Waals surface area contributed by atoms with Gasteiger partial charge in [-0.1, -0.05) is 13.0 Å². The molecule has 0 atom stereocenters. The zero-order valence-corrected chi connectivity index (χ0v) is 18.1. The normalized spacial score (nSPS) is 10.7. The van der Waals surface area contributed by atoms with Gasteiger partial charge in [0.15, 0.2) is 17.3 Å². The Bertz CT molecular complexity index is 1060. The van der Waals surface area contributed by atoms with Crippen molar-refractivity contribution in [2.45, 2.75) is 20.3 Å². The van der Waals surface area contributed by atoms with E-state index in [0.717, 1.165) is 12.0 Å². The molecule has 32 heavy (non-hydrogen) atoms. The van der Waals surface area contributed by atoms with Crippen molar-refractivity contribution in [3.05, 3.63) is 78.3 Å². The van der Waals surface area contributed by atoms with Crippen molar-refractivity contribution in [3.8, 4) is 11.5 Å². The third-order valence-electron chi connectivity index (χ3n) is 4.31. The van der Waals surface area contributed by atoms with Crippen molar-refractivity contribution in [3.63, 3.8) is 0 Å². The number of rotatable bonds is 10. The molecular formula is C25H26N2O5. The van der Waals surface area contributed by atoms with Crippen molar-refractivity contribution >= 4 is 29.3 Å². The molecule has 2 amide bonds. The van der Waals surface area contributed by atoms with E-state index in [4.69, 9.17) is 13.9 Å². The van der Waals surface area contributed by atoms with Crippen LogP contribution in [-0.4, -0.2) is 25.0 Å².